The summed E-state index contributed by atoms with van der Waals surface area (Å²) < 4.78 is 0. The molecule has 0 aliphatic heterocycles. The Balaban J connectivity index is 2.07. The zero-order valence-electron chi connectivity index (χ0n) is 11.7. The van der Waals surface area contributed by atoms with Crippen molar-refractivity contribution in [2.24, 2.45) is 0 Å². The van der Waals surface area contributed by atoms with Crippen LogP contribution in [0.2, 0.25) is 5.02 Å². The van der Waals surface area contributed by atoms with Crippen molar-refractivity contribution >= 4 is 40.5 Å². The van der Waals surface area contributed by atoms with E-state index < -0.39 is 11.8 Å². The molecule has 2 aromatic rings. The van der Waals surface area contributed by atoms with Gasteiger partial charge in [-0.15, -0.1) is 0 Å². The fourth-order valence-corrected chi connectivity index (χ4v) is 1.90. The third-order valence-electron chi connectivity index (χ3n) is 2.86. The molecule has 0 heterocycles. The molecule has 0 fully saturated rings. The minimum Gasteiger partial charge on any atom is -0.506 e. The lowest BCUT2D eigenvalue weighted by Crippen LogP contribution is -2.29. The summed E-state index contributed by atoms with van der Waals surface area (Å²) in [7, 11) is 0. The number of nitrogens with two attached hydrogens (primary N) is 1. The van der Waals surface area contributed by atoms with E-state index in [2.05, 4.69) is 10.6 Å². The van der Waals surface area contributed by atoms with E-state index in [-0.39, 0.29) is 16.5 Å². The Labute approximate surface area is 131 Å². The van der Waals surface area contributed by atoms with E-state index >= 15 is 0 Å². The Hall–Kier alpha value is -2.73. The molecule has 0 atom stereocenters. The van der Waals surface area contributed by atoms with Gasteiger partial charge in [0.15, 0.2) is 0 Å². The smallest absolute Gasteiger partial charge is 0.314 e. The summed E-state index contributed by atoms with van der Waals surface area (Å²) in [5.74, 6) is -1.92. The minimum absolute atomic E-state index is 0.123. The highest BCUT2D eigenvalue weighted by atomic mass is 35.5. The molecule has 0 radical (unpaired) electrons. The molecule has 0 bridgehead atoms. The number of carbonyl (C=O) groups excluding carboxylic acids is 2. The number of carbonyl (C=O) groups is 2. The van der Waals surface area contributed by atoms with E-state index in [1.165, 1.54) is 24.3 Å². The number of nitrogen functional groups attached to an aromatic ring is 1. The lowest BCUT2D eigenvalue weighted by molar-refractivity contribution is -0.133. The molecule has 6 nitrogen and oxygen atoms in total. The SMILES string of the molecule is Cc1ccc(O)c(NC(=O)C(=O)Nc2ccc(N)c(Cl)c2)c1. The van der Waals surface area contributed by atoms with Crippen LogP contribution in [-0.2, 0) is 9.59 Å². The van der Waals surface area contributed by atoms with Crippen LogP contribution in [0, 0.1) is 6.92 Å². The van der Waals surface area contributed by atoms with Crippen LogP contribution in [-0.4, -0.2) is 16.9 Å². The number of hydrogen-bond donors (Lipinski definition) is 4. The highest BCUT2D eigenvalue weighted by molar-refractivity contribution is 6.44. The monoisotopic (exact) mass is 319 g/mol. The Bertz CT molecular complexity index is 747. The first-order valence-corrected chi connectivity index (χ1v) is 6.71. The van der Waals surface area contributed by atoms with Crippen LogP contribution >= 0.6 is 11.6 Å². The Kier molecular flexibility index (Phi) is 4.53. The molecule has 0 aliphatic rings. The molecule has 0 aliphatic carbocycles. The molecule has 0 saturated carbocycles. The number of anilines is 3. The normalized spacial score (nSPS) is 10.1. The molecule has 2 amide bonds. The molecule has 0 spiro atoms. The molecular weight excluding hydrogens is 306 g/mol. The standard InChI is InChI=1S/C15H14ClN3O3/c1-8-2-5-13(20)12(6-8)19-15(22)14(21)18-9-3-4-11(17)10(16)7-9/h2-7,20H,17H2,1H3,(H,18,21)(H,19,22). The molecule has 0 saturated heterocycles. The third kappa shape index (κ3) is 3.67. The van der Waals surface area contributed by atoms with Crippen LogP contribution < -0.4 is 16.4 Å². The molecule has 114 valence electrons. The van der Waals surface area contributed by atoms with Crippen LogP contribution in [0.25, 0.3) is 0 Å². The van der Waals surface area contributed by atoms with Gasteiger partial charge in [-0.05, 0) is 42.8 Å². The second-order valence-corrected chi connectivity index (χ2v) is 5.07. The summed E-state index contributed by atoms with van der Waals surface area (Å²) in [6.45, 7) is 1.80. The second kappa shape index (κ2) is 6.36. The number of rotatable bonds is 2. The third-order valence-corrected chi connectivity index (χ3v) is 3.19. The van der Waals surface area contributed by atoms with E-state index in [9.17, 15) is 14.7 Å². The lowest BCUT2D eigenvalue weighted by Gasteiger charge is -2.09. The van der Waals surface area contributed by atoms with Gasteiger partial charge >= 0.3 is 11.8 Å². The van der Waals surface area contributed by atoms with E-state index in [0.29, 0.717) is 11.4 Å². The number of nitrogens with one attached hydrogen (secondary N) is 2. The van der Waals surface area contributed by atoms with Crippen LogP contribution in [0.5, 0.6) is 5.75 Å². The maximum absolute atomic E-state index is 11.8. The zero-order valence-corrected chi connectivity index (χ0v) is 12.4. The minimum atomic E-state index is -0.908. The van der Waals surface area contributed by atoms with Crippen LogP contribution in [0.3, 0.4) is 0 Å². The predicted molar refractivity (Wildman–Crippen MR) is 86.0 cm³/mol. The first-order valence-electron chi connectivity index (χ1n) is 6.34. The van der Waals surface area contributed by atoms with Gasteiger partial charge in [0.2, 0.25) is 0 Å². The van der Waals surface area contributed by atoms with Crippen molar-refractivity contribution in [3.05, 3.63) is 47.0 Å². The Morgan fingerprint density at radius 3 is 2.45 bits per heavy atom. The first-order chi connectivity index (χ1) is 10.4. The van der Waals surface area contributed by atoms with Crippen molar-refractivity contribution in [2.75, 3.05) is 16.4 Å². The summed E-state index contributed by atoms with van der Waals surface area (Å²) in [5.41, 5.74) is 7.27. The van der Waals surface area contributed by atoms with Crippen molar-refractivity contribution in [2.45, 2.75) is 6.92 Å². The maximum atomic E-state index is 11.8. The van der Waals surface area contributed by atoms with E-state index in [4.69, 9.17) is 17.3 Å². The summed E-state index contributed by atoms with van der Waals surface area (Å²) in [4.78, 5) is 23.7. The average Bonchev–Trinajstić information content (AvgIpc) is 2.46. The fourth-order valence-electron chi connectivity index (χ4n) is 1.72. The van der Waals surface area contributed by atoms with Gasteiger partial charge in [-0.25, -0.2) is 0 Å². The number of aromatic hydroxyl groups is 1. The van der Waals surface area contributed by atoms with Crippen molar-refractivity contribution in [3.8, 4) is 5.75 Å². The van der Waals surface area contributed by atoms with E-state index in [1.54, 1.807) is 19.1 Å². The van der Waals surface area contributed by atoms with Gasteiger partial charge in [-0.1, -0.05) is 17.7 Å². The van der Waals surface area contributed by atoms with Crippen LogP contribution in [0.15, 0.2) is 36.4 Å². The molecule has 2 rings (SSSR count). The number of aryl methyl sites for hydroxylation is 1. The van der Waals surface area contributed by atoms with Gasteiger partial charge in [0, 0.05) is 5.69 Å². The van der Waals surface area contributed by atoms with Gasteiger partial charge in [0.05, 0.1) is 16.4 Å². The van der Waals surface area contributed by atoms with Gasteiger partial charge in [-0.3, -0.25) is 9.59 Å². The summed E-state index contributed by atoms with van der Waals surface area (Å²) >= 11 is 5.83. The highest BCUT2D eigenvalue weighted by Crippen LogP contribution is 2.24. The summed E-state index contributed by atoms with van der Waals surface area (Å²) in [6.07, 6.45) is 0. The molecule has 7 heteroatoms. The van der Waals surface area contributed by atoms with Crippen molar-refractivity contribution < 1.29 is 14.7 Å². The lowest BCUT2D eigenvalue weighted by atomic mass is 10.2. The molecule has 0 aromatic heterocycles. The first kappa shape index (κ1) is 15.7. The van der Waals surface area contributed by atoms with Gasteiger partial charge in [0.1, 0.15) is 5.75 Å². The van der Waals surface area contributed by atoms with Crippen molar-refractivity contribution in [3.63, 3.8) is 0 Å². The van der Waals surface area contributed by atoms with E-state index in [0.717, 1.165) is 5.56 Å². The molecule has 22 heavy (non-hydrogen) atoms. The van der Waals surface area contributed by atoms with Gasteiger partial charge < -0.3 is 21.5 Å². The van der Waals surface area contributed by atoms with E-state index in [1.807, 2.05) is 0 Å². The van der Waals surface area contributed by atoms with Crippen LogP contribution in [0.1, 0.15) is 5.56 Å². The largest absolute Gasteiger partial charge is 0.506 e. The zero-order chi connectivity index (χ0) is 16.3. The molecular formula is C15H14ClN3O3. The summed E-state index contributed by atoms with van der Waals surface area (Å²) in [5, 5.41) is 14.6. The van der Waals surface area contributed by atoms with Gasteiger partial charge in [-0.2, -0.15) is 0 Å². The van der Waals surface area contributed by atoms with Crippen LogP contribution in [0.4, 0.5) is 17.1 Å². The molecule has 0 unspecified atom stereocenters. The predicted octanol–water partition coefficient (Wildman–Crippen LogP) is 2.51. The van der Waals surface area contributed by atoms with Crippen molar-refractivity contribution in [1.29, 1.82) is 0 Å². The van der Waals surface area contributed by atoms with Gasteiger partial charge in [0.25, 0.3) is 0 Å². The number of amides is 2. The topological polar surface area (TPSA) is 104 Å². The fraction of sp³-hybridized carbons (Fsp3) is 0.0667. The summed E-state index contributed by atoms with van der Waals surface area (Å²) in [6, 6.07) is 9.15. The molecule has 5 N–H and O–H groups in total. The average molecular weight is 320 g/mol. The highest BCUT2D eigenvalue weighted by Gasteiger charge is 2.16. The maximum Gasteiger partial charge on any atom is 0.314 e. The second-order valence-electron chi connectivity index (χ2n) is 4.67. The number of benzene rings is 2. The number of halogens is 1. The number of hydrogen-bond acceptors (Lipinski definition) is 4. The number of phenols is 1. The quantitative estimate of drug-likeness (QED) is 0.388. The Morgan fingerprint density at radius 1 is 1.09 bits per heavy atom. The number of phenolic OH excluding ortho intramolecular Hbond substituents is 1. The Morgan fingerprint density at radius 2 is 1.77 bits per heavy atom. The molecule has 2 aromatic carbocycles. The van der Waals surface area contributed by atoms with Crippen molar-refractivity contribution in [1.82, 2.24) is 0 Å².